The summed E-state index contributed by atoms with van der Waals surface area (Å²) in [5.74, 6) is 0.128. The Morgan fingerprint density at radius 2 is 2.25 bits per heavy atom. The molecule has 0 saturated carbocycles. The van der Waals surface area contributed by atoms with Gasteiger partial charge in [0.1, 0.15) is 5.01 Å². The molecule has 0 radical (unpaired) electrons. The van der Waals surface area contributed by atoms with Crippen molar-refractivity contribution in [1.29, 1.82) is 0 Å². The van der Waals surface area contributed by atoms with Crippen LogP contribution < -0.4 is 5.32 Å². The lowest BCUT2D eigenvalue weighted by Gasteiger charge is -2.06. The Morgan fingerprint density at radius 1 is 1.45 bits per heavy atom. The predicted molar refractivity (Wildman–Crippen MR) is 81.6 cm³/mol. The van der Waals surface area contributed by atoms with E-state index < -0.39 is 0 Å². The number of hydrogen-bond acceptors (Lipinski definition) is 4. The fourth-order valence-corrected chi connectivity index (χ4v) is 2.83. The summed E-state index contributed by atoms with van der Waals surface area (Å²) in [5, 5.41) is 3.92. The molecule has 0 aliphatic carbocycles. The van der Waals surface area contributed by atoms with Gasteiger partial charge < -0.3 is 5.32 Å². The van der Waals surface area contributed by atoms with Crippen LogP contribution in [0.3, 0.4) is 0 Å². The fraction of sp³-hybridized carbons (Fsp3) is 0.400. The van der Waals surface area contributed by atoms with Crippen molar-refractivity contribution in [2.45, 2.75) is 27.2 Å². The summed E-state index contributed by atoms with van der Waals surface area (Å²) in [4.78, 5) is 21.4. The van der Waals surface area contributed by atoms with Crippen molar-refractivity contribution in [3.05, 3.63) is 35.1 Å². The Bertz CT molecular complexity index is 578. The maximum Gasteiger partial charge on any atom is 0.222 e. The monoisotopic (exact) mass is 289 g/mol. The maximum absolute atomic E-state index is 11.5. The third-order valence-corrected chi connectivity index (χ3v) is 4.24. The maximum atomic E-state index is 11.5. The predicted octanol–water partition coefficient (Wildman–Crippen LogP) is 2.83. The summed E-state index contributed by atoms with van der Waals surface area (Å²) in [7, 11) is 0. The van der Waals surface area contributed by atoms with E-state index in [2.05, 4.69) is 15.3 Å². The first kappa shape index (κ1) is 14.7. The van der Waals surface area contributed by atoms with Crippen molar-refractivity contribution in [3.63, 3.8) is 0 Å². The second-order valence-corrected chi connectivity index (χ2v) is 6.05. The lowest BCUT2D eigenvalue weighted by Crippen LogP contribution is -2.29. The minimum absolute atomic E-state index is 0.0310. The Hall–Kier alpha value is -1.75. The van der Waals surface area contributed by atoms with Crippen molar-refractivity contribution in [1.82, 2.24) is 15.3 Å². The lowest BCUT2D eigenvalue weighted by molar-refractivity contribution is -0.123. The van der Waals surface area contributed by atoms with Crippen LogP contribution in [-0.4, -0.2) is 22.4 Å². The van der Waals surface area contributed by atoms with E-state index in [1.165, 1.54) is 4.88 Å². The number of hydrogen-bond donors (Lipinski definition) is 1. The van der Waals surface area contributed by atoms with Crippen LogP contribution in [0.4, 0.5) is 0 Å². The zero-order chi connectivity index (χ0) is 14.5. The quantitative estimate of drug-likeness (QED) is 0.921. The second kappa shape index (κ2) is 6.61. The third-order valence-electron chi connectivity index (χ3n) is 2.98. The van der Waals surface area contributed by atoms with Gasteiger partial charge in [0.2, 0.25) is 5.91 Å². The first-order valence-corrected chi connectivity index (χ1v) is 7.54. The molecule has 0 aliphatic rings. The van der Waals surface area contributed by atoms with E-state index in [-0.39, 0.29) is 11.8 Å². The second-order valence-electron chi connectivity index (χ2n) is 4.97. The van der Waals surface area contributed by atoms with Crippen molar-refractivity contribution >= 4 is 17.2 Å². The van der Waals surface area contributed by atoms with Crippen molar-refractivity contribution in [2.75, 3.05) is 6.54 Å². The van der Waals surface area contributed by atoms with Crippen LogP contribution in [0.15, 0.2) is 24.5 Å². The van der Waals surface area contributed by atoms with Crippen LogP contribution in [0, 0.1) is 12.8 Å². The number of thiazole rings is 1. The molecule has 20 heavy (non-hydrogen) atoms. The Balaban J connectivity index is 2.00. The Morgan fingerprint density at radius 3 is 2.90 bits per heavy atom. The fourth-order valence-electron chi connectivity index (χ4n) is 1.78. The standard InChI is InChI=1S/C15H19N3OS/c1-10(2)14(19)17-8-6-13-11(3)18-15(20-13)12-5-4-7-16-9-12/h4-5,7,9-10H,6,8H2,1-3H3,(H,17,19). The van der Waals surface area contributed by atoms with Gasteiger partial charge in [0.25, 0.3) is 0 Å². The molecule has 0 fully saturated rings. The van der Waals surface area contributed by atoms with Gasteiger partial charge in [-0.05, 0) is 19.1 Å². The summed E-state index contributed by atoms with van der Waals surface area (Å²) in [6.07, 6.45) is 4.40. The van der Waals surface area contributed by atoms with Crippen LogP contribution in [0.25, 0.3) is 10.6 Å². The average Bonchev–Trinajstić information content (AvgIpc) is 2.81. The molecule has 0 unspecified atom stereocenters. The number of nitrogens with zero attached hydrogens (tertiary/aromatic N) is 2. The molecule has 1 N–H and O–H groups in total. The number of rotatable bonds is 5. The largest absolute Gasteiger partial charge is 0.356 e. The van der Waals surface area contributed by atoms with E-state index in [9.17, 15) is 4.79 Å². The molecule has 106 valence electrons. The number of amides is 1. The van der Waals surface area contributed by atoms with Gasteiger partial charge in [-0.1, -0.05) is 13.8 Å². The molecule has 0 aliphatic heterocycles. The SMILES string of the molecule is Cc1nc(-c2cccnc2)sc1CCNC(=O)C(C)C. The molecule has 2 rings (SSSR count). The van der Waals surface area contributed by atoms with Gasteiger partial charge in [-0.3, -0.25) is 9.78 Å². The highest BCUT2D eigenvalue weighted by Gasteiger charge is 2.10. The van der Waals surface area contributed by atoms with Gasteiger partial charge in [0.05, 0.1) is 5.69 Å². The van der Waals surface area contributed by atoms with Crippen LogP contribution in [0.2, 0.25) is 0 Å². The lowest BCUT2D eigenvalue weighted by atomic mass is 10.2. The topological polar surface area (TPSA) is 54.9 Å². The van der Waals surface area contributed by atoms with E-state index in [0.29, 0.717) is 6.54 Å². The number of aryl methyl sites for hydroxylation is 1. The van der Waals surface area contributed by atoms with Gasteiger partial charge in [-0.2, -0.15) is 0 Å². The highest BCUT2D eigenvalue weighted by Crippen LogP contribution is 2.27. The van der Waals surface area contributed by atoms with Crippen molar-refractivity contribution in [2.24, 2.45) is 5.92 Å². The minimum atomic E-state index is 0.0310. The minimum Gasteiger partial charge on any atom is -0.356 e. The third kappa shape index (κ3) is 3.63. The van der Waals surface area contributed by atoms with Crippen LogP contribution in [-0.2, 0) is 11.2 Å². The zero-order valence-corrected chi connectivity index (χ0v) is 12.8. The number of pyridine rings is 1. The van der Waals surface area contributed by atoms with Crippen LogP contribution in [0.1, 0.15) is 24.4 Å². The molecular formula is C15H19N3OS. The summed E-state index contributed by atoms with van der Waals surface area (Å²) >= 11 is 1.67. The molecule has 2 aromatic rings. The first-order chi connectivity index (χ1) is 9.58. The van der Waals surface area contributed by atoms with Gasteiger partial charge in [-0.25, -0.2) is 4.98 Å². The molecule has 0 spiro atoms. The summed E-state index contributed by atoms with van der Waals surface area (Å²) in [6.45, 7) is 6.46. The molecule has 0 aromatic carbocycles. The van der Waals surface area contributed by atoms with Gasteiger partial charge in [0.15, 0.2) is 0 Å². The van der Waals surface area contributed by atoms with E-state index in [0.717, 1.165) is 22.7 Å². The molecule has 2 heterocycles. The molecule has 0 atom stereocenters. The number of aromatic nitrogens is 2. The number of nitrogens with one attached hydrogen (secondary N) is 1. The number of carbonyl (C=O) groups is 1. The Labute approximate surface area is 123 Å². The highest BCUT2D eigenvalue weighted by molar-refractivity contribution is 7.15. The zero-order valence-electron chi connectivity index (χ0n) is 12.0. The van der Waals surface area contributed by atoms with E-state index in [1.54, 1.807) is 17.5 Å². The van der Waals surface area contributed by atoms with E-state index >= 15 is 0 Å². The van der Waals surface area contributed by atoms with Gasteiger partial charge in [0, 0.05) is 41.7 Å². The van der Waals surface area contributed by atoms with Gasteiger partial charge in [-0.15, -0.1) is 11.3 Å². The van der Waals surface area contributed by atoms with Gasteiger partial charge >= 0.3 is 0 Å². The molecule has 2 aromatic heterocycles. The molecule has 0 saturated heterocycles. The highest BCUT2D eigenvalue weighted by atomic mass is 32.1. The molecule has 4 nitrogen and oxygen atoms in total. The van der Waals surface area contributed by atoms with Crippen LogP contribution >= 0.6 is 11.3 Å². The molecule has 1 amide bonds. The molecule has 0 bridgehead atoms. The average molecular weight is 289 g/mol. The number of carbonyl (C=O) groups excluding carboxylic acids is 1. The Kier molecular flexibility index (Phi) is 4.84. The summed E-state index contributed by atoms with van der Waals surface area (Å²) in [5.41, 5.74) is 2.07. The smallest absolute Gasteiger partial charge is 0.222 e. The van der Waals surface area contributed by atoms with Crippen LogP contribution in [0.5, 0.6) is 0 Å². The van der Waals surface area contributed by atoms with Crippen molar-refractivity contribution < 1.29 is 4.79 Å². The van der Waals surface area contributed by atoms with Crippen molar-refractivity contribution in [3.8, 4) is 10.6 Å². The van der Waals surface area contributed by atoms with E-state index in [1.807, 2.05) is 39.1 Å². The molecule has 5 heteroatoms. The first-order valence-electron chi connectivity index (χ1n) is 6.72. The normalized spacial score (nSPS) is 10.8. The summed E-state index contributed by atoms with van der Waals surface area (Å²) < 4.78 is 0. The molecular weight excluding hydrogens is 270 g/mol. The van der Waals surface area contributed by atoms with E-state index in [4.69, 9.17) is 0 Å². The summed E-state index contributed by atoms with van der Waals surface area (Å²) in [6, 6.07) is 3.92.